The number of benzene rings is 1. The van der Waals surface area contributed by atoms with E-state index in [1.807, 2.05) is 56.4 Å². The van der Waals surface area contributed by atoms with Gasteiger partial charge in [0.15, 0.2) is 0 Å². The van der Waals surface area contributed by atoms with Crippen molar-refractivity contribution in [2.75, 3.05) is 13.6 Å². The standard InChI is InChI=1S/C19H22N4O/c1-15-21-17-8-3-4-9-18(17)23(15)14-11-19(24)22(2)13-10-16-7-5-6-12-20-16/h3-9,12H,10-11,13-14H2,1-2H3. The first-order valence-electron chi connectivity index (χ1n) is 8.21. The summed E-state index contributed by atoms with van der Waals surface area (Å²) in [5, 5.41) is 0. The molecule has 5 nitrogen and oxygen atoms in total. The molecular formula is C19H22N4O. The van der Waals surface area contributed by atoms with E-state index in [4.69, 9.17) is 0 Å². The van der Waals surface area contributed by atoms with Crippen molar-refractivity contribution in [2.24, 2.45) is 0 Å². The number of likely N-dealkylation sites (N-methyl/N-ethyl adjacent to an activating group) is 1. The SMILES string of the molecule is Cc1nc2ccccc2n1CCC(=O)N(C)CCc1ccccn1. The maximum atomic E-state index is 12.4. The fourth-order valence-electron chi connectivity index (χ4n) is 2.83. The zero-order valence-electron chi connectivity index (χ0n) is 14.1. The Morgan fingerprint density at radius 1 is 1.17 bits per heavy atom. The summed E-state index contributed by atoms with van der Waals surface area (Å²) in [5.74, 6) is 1.09. The second-order valence-corrected chi connectivity index (χ2v) is 5.94. The number of imidazole rings is 1. The molecule has 0 N–H and O–H groups in total. The highest BCUT2D eigenvalue weighted by Gasteiger charge is 2.12. The number of nitrogens with zero attached hydrogens (tertiary/aromatic N) is 4. The van der Waals surface area contributed by atoms with Crippen molar-refractivity contribution in [3.8, 4) is 0 Å². The number of fused-ring (bicyclic) bond motifs is 1. The van der Waals surface area contributed by atoms with Crippen LogP contribution < -0.4 is 0 Å². The molecule has 0 unspecified atom stereocenters. The Morgan fingerprint density at radius 3 is 2.75 bits per heavy atom. The summed E-state index contributed by atoms with van der Waals surface area (Å²) in [6.07, 6.45) is 3.03. The third kappa shape index (κ3) is 3.62. The predicted octanol–water partition coefficient (Wildman–Crippen LogP) is 2.83. The van der Waals surface area contributed by atoms with E-state index in [9.17, 15) is 4.79 Å². The van der Waals surface area contributed by atoms with Crippen LogP contribution in [0.2, 0.25) is 0 Å². The molecule has 0 atom stereocenters. The molecule has 0 aliphatic carbocycles. The second kappa shape index (κ2) is 7.25. The van der Waals surface area contributed by atoms with E-state index in [0.29, 0.717) is 19.5 Å². The number of carbonyl (C=O) groups excluding carboxylic acids is 1. The average molecular weight is 322 g/mol. The third-order valence-corrected chi connectivity index (χ3v) is 4.25. The van der Waals surface area contributed by atoms with Crippen molar-refractivity contribution in [3.05, 3.63) is 60.2 Å². The highest BCUT2D eigenvalue weighted by atomic mass is 16.2. The van der Waals surface area contributed by atoms with Gasteiger partial charge in [0.25, 0.3) is 0 Å². The Balaban J connectivity index is 1.57. The van der Waals surface area contributed by atoms with E-state index < -0.39 is 0 Å². The van der Waals surface area contributed by atoms with E-state index >= 15 is 0 Å². The molecule has 24 heavy (non-hydrogen) atoms. The Bertz CT molecular complexity index is 826. The molecule has 3 rings (SSSR count). The molecule has 124 valence electrons. The Hall–Kier alpha value is -2.69. The first-order chi connectivity index (χ1) is 11.6. The van der Waals surface area contributed by atoms with Crippen LogP contribution in [0.1, 0.15) is 17.9 Å². The van der Waals surface area contributed by atoms with Crippen LogP contribution in [0.3, 0.4) is 0 Å². The van der Waals surface area contributed by atoms with Crippen LogP contribution in [0.25, 0.3) is 11.0 Å². The molecule has 1 aromatic carbocycles. The molecule has 0 fully saturated rings. The fraction of sp³-hybridized carbons (Fsp3) is 0.316. The van der Waals surface area contributed by atoms with Gasteiger partial charge >= 0.3 is 0 Å². The largest absolute Gasteiger partial charge is 0.345 e. The molecule has 0 bridgehead atoms. The molecule has 0 saturated carbocycles. The van der Waals surface area contributed by atoms with Crippen LogP contribution in [0, 0.1) is 6.92 Å². The van der Waals surface area contributed by atoms with Gasteiger partial charge in [-0.1, -0.05) is 18.2 Å². The van der Waals surface area contributed by atoms with Gasteiger partial charge in [-0.05, 0) is 31.2 Å². The van der Waals surface area contributed by atoms with Gasteiger partial charge in [-0.15, -0.1) is 0 Å². The van der Waals surface area contributed by atoms with Crippen LogP contribution in [0.4, 0.5) is 0 Å². The third-order valence-electron chi connectivity index (χ3n) is 4.25. The summed E-state index contributed by atoms with van der Waals surface area (Å²) in [5.41, 5.74) is 3.07. The Kier molecular flexibility index (Phi) is 4.89. The van der Waals surface area contributed by atoms with Gasteiger partial charge in [-0.25, -0.2) is 4.98 Å². The van der Waals surface area contributed by atoms with Gasteiger partial charge in [0, 0.05) is 44.9 Å². The monoisotopic (exact) mass is 322 g/mol. The maximum Gasteiger partial charge on any atom is 0.224 e. The van der Waals surface area contributed by atoms with Crippen LogP contribution in [0.5, 0.6) is 0 Å². The predicted molar refractivity (Wildman–Crippen MR) is 94.7 cm³/mol. The summed E-state index contributed by atoms with van der Waals surface area (Å²) in [6.45, 7) is 3.31. The first-order valence-corrected chi connectivity index (χ1v) is 8.21. The van der Waals surface area contributed by atoms with Crippen molar-refractivity contribution in [3.63, 3.8) is 0 Å². The number of aryl methyl sites for hydroxylation is 2. The molecule has 3 aromatic rings. The minimum Gasteiger partial charge on any atom is -0.345 e. The summed E-state index contributed by atoms with van der Waals surface area (Å²) >= 11 is 0. The molecule has 0 spiro atoms. The van der Waals surface area contributed by atoms with Crippen molar-refractivity contribution in [1.29, 1.82) is 0 Å². The summed E-state index contributed by atoms with van der Waals surface area (Å²) in [4.78, 5) is 23.0. The number of para-hydroxylation sites is 2. The van der Waals surface area contributed by atoms with Crippen LogP contribution >= 0.6 is 0 Å². The number of carbonyl (C=O) groups is 1. The van der Waals surface area contributed by atoms with Crippen molar-refractivity contribution in [1.82, 2.24) is 19.4 Å². The normalized spacial score (nSPS) is 10.9. The second-order valence-electron chi connectivity index (χ2n) is 5.94. The van der Waals surface area contributed by atoms with Crippen molar-refractivity contribution >= 4 is 16.9 Å². The van der Waals surface area contributed by atoms with Crippen LogP contribution in [-0.2, 0) is 17.8 Å². The molecule has 2 heterocycles. The van der Waals surface area contributed by atoms with E-state index in [1.165, 1.54) is 0 Å². The maximum absolute atomic E-state index is 12.4. The highest BCUT2D eigenvalue weighted by molar-refractivity contribution is 5.78. The number of pyridine rings is 1. The number of hydrogen-bond acceptors (Lipinski definition) is 3. The molecule has 5 heteroatoms. The number of aromatic nitrogens is 3. The molecule has 2 aromatic heterocycles. The zero-order chi connectivity index (χ0) is 16.9. The van der Waals surface area contributed by atoms with Crippen LogP contribution in [-0.4, -0.2) is 38.9 Å². The van der Waals surface area contributed by atoms with E-state index in [2.05, 4.69) is 14.5 Å². The summed E-state index contributed by atoms with van der Waals surface area (Å²) in [6, 6.07) is 13.9. The molecule has 0 aliphatic rings. The molecular weight excluding hydrogens is 300 g/mol. The minimum atomic E-state index is 0.142. The van der Waals surface area contributed by atoms with Crippen molar-refractivity contribution < 1.29 is 4.79 Å². The van der Waals surface area contributed by atoms with Gasteiger partial charge in [0.05, 0.1) is 11.0 Å². The van der Waals surface area contributed by atoms with Gasteiger partial charge in [-0.2, -0.15) is 0 Å². The molecule has 0 aliphatic heterocycles. The van der Waals surface area contributed by atoms with Gasteiger partial charge in [-0.3, -0.25) is 9.78 Å². The molecule has 0 saturated heterocycles. The zero-order valence-corrected chi connectivity index (χ0v) is 14.1. The lowest BCUT2D eigenvalue weighted by molar-refractivity contribution is -0.130. The lowest BCUT2D eigenvalue weighted by atomic mass is 10.2. The van der Waals surface area contributed by atoms with E-state index in [0.717, 1.165) is 29.0 Å². The fourth-order valence-corrected chi connectivity index (χ4v) is 2.83. The van der Waals surface area contributed by atoms with E-state index in [-0.39, 0.29) is 5.91 Å². The summed E-state index contributed by atoms with van der Waals surface area (Å²) in [7, 11) is 1.85. The topological polar surface area (TPSA) is 51.0 Å². The number of amides is 1. The quantitative estimate of drug-likeness (QED) is 0.701. The highest BCUT2D eigenvalue weighted by Crippen LogP contribution is 2.16. The number of rotatable bonds is 6. The first kappa shape index (κ1) is 16.2. The number of hydrogen-bond donors (Lipinski definition) is 0. The lowest BCUT2D eigenvalue weighted by Crippen LogP contribution is -2.29. The van der Waals surface area contributed by atoms with E-state index in [1.54, 1.807) is 11.1 Å². The molecule has 1 amide bonds. The smallest absolute Gasteiger partial charge is 0.224 e. The van der Waals surface area contributed by atoms with Crippen LogP contribution in [0.15, 0.2) is 48.7 Å². The molecule has 0 radical (unpaired) electrons. The Labute approximate surface area is 142 Å². The van der Waals surface area contributed by atoms with Gasteiger partial charge in [0.2, 0.25) is 5.91 Å². The minimum absolute atomic E-state index is 0.142. The Morgan fingerprint density at radius 2 is 1.96 bits per heavy atom. The van der Waals surface area contributed by atoms with Crippen molar-refractivity contribution in [2.45, 2.75) is 26.3 Å². The van der Waals surface area contributed by atoms with Gasteiger partial charge < -0.3 is 9.47 Å². The van der Waals surface area contributed by atoms with Gasteiger partial charge in [0.1, 0.15) is 5.82 Å². The average Bonchev–Trinajstić information content (AvgIpc) is 2.93. The lowest BCUT2D eigenvalue weighted by Gasteiger charge is -2.17. The summed E-state index contributed by atoms with van der Waals surface area (Å²) < 4.78 is 2.11.